The summed E-state index contributed by atoms with van der Waals surface area (Å²) in [5.74, 6) is 2.69. The van der Waals surface area contributed by atoms with Crippen LogP contribution in [0.15, 0.2) is 58.3 Å². The summed E-state index contributed by atoms with van der Waals surface area (Å²) in [6.07, 6.45) is 4.81. The van der Waals surface area contributed by atoms with Crippen LogP contribution in [0.1, 0.15) is 35.9 Å². The largest absolute Gasteiger partial charge is 0.467 e. The standard InChI is InChI=1S/C20H22N4O2S/c25-18(21-11-10-15-5-2-1-3-6-15)14-27-20-23-22-19(16-8-9-16)24(20)13-17-7-4-12-26-17/h1-7,12,16H,8-11,13-14H2,(H,21,25). The minimum absolute atomic E-state index is 0.0106. The van der Waals surface area contributed by atoms with E-state index in [0.29, 0.717) is 24.8 Å². The van der Waals surface area contributed by atoms with Crippen molar-refractivity contribution in [2.45, 2.75) is 36.9 Å². The minimum atomic E-state index is 0.0106. The molecule has 1 aliphatic carbocycles. The molecule has 0 aliphatic heterocycles. The van der Waals surface area contributed by atoms with Crippen molar-refractivity contribution in [3.63, 3.8) is 0 Å². The van der Waals surface area contributed by atoms with Gasteiger partial charge in [-0.05, 0) is 37.0 Å². The fourth-order valence-corrected chi connectivity index (χ4v) is 3.70. The lowest BCUT2D eigenvalue weighted by Crippen LogP contribution is -2.27. The molecule has 0 atom stereocenters. The lowest BCUT2D eigenvalue weighted by Gasteiger charge is -2.08. The van der Waals surface area contributed by atoms with Gasteiger partial charge in [0.05, 0.1) is 18.6 Å². The van der Waals surface area contributed by atoms with Crippen molar-refractivity contribution in [1.29, 1.82) is 0 Å². The van der Waals surface area contributed by atoms with E-state index in [1.165, 1.54) is 17.3 Å². The second-order valence-corrected chi connectivity index (χ2v) is 7.60. The first-order valence-corrected chi connectivity index (χ1v) is 10.2. The van der Waals surface area contributed by atoms with E-state index in [9.17, 15) is 4.79 Å². The third-order valence-electron chi connectivity index (χ3n) is 4.49. The summed E-state index contributed by atoms with van der Waals surface area (Å²) in [5, 5.41) is 12.4. The van der Waals surface area contributed by atoms with Gasteiger partial charge >= 0.3 is 0 Å². The van der Waals surface area contributed by atoms with Gasteiger partial charge in [0.2, 0.25) is 5.91 Å². The van der Waals surface area contributed by atoms with Crippen LogP contribution in [0, 0.1) is 0 Å². The Morgan fingerprint density at radius 1 is 1.19 bits per heavy atom. The van der Waals surface area contributed by atoms with E-state index in [4.69, 9.17) is 4.42 Å². The molecule has 1 N–H and O–H groups in total. The number of thioether (sulfide) groups is 1. The van der Waals surface area contributed by atoms with Gasteiger partial charge in [-0.3, -0.25) is 9.36 Å². The second kappa shape index (κ2) is 8.43. The van der Waals surface area contributed by atoms with E-state index in [2.05, 4.69) is 32.2 Å². The second-order valence-electron chi connectivity index (χ2n) is 6.65. The first kappa shape index (κ1) is 17.9. The van der Waals surface area contributed by atoms with Gasteiger partial charge in [0.15, 0.2) is 5.16 Å². The van der Waals surface area contributed by atoms with Crippen LogP contribution in [0.2, 0.25) is 0 Å². The number of aromatic nitrogens is 3. The average molecular weight is 382 g/mol. The third kappa shape index (κ3) is 4.80. The molecule has 2 aromatic heterocycles. The quantitative estimate of drug-likeness (QED) is 0.575. The topological polar surface area (TPSA) is 73.0 Å². The molecule has 140 valence electrons. The molecule has 6 nitrogen and oxygen atoms in total. The molecule has 27 heavy (non-hydrogen) atoms. The molecule has 1 aromatic carbocycles. The molecule has 0 unspecified atom stereocenters. The summed E-state index contributed by atoms with van der Waals surface area (Å²) in [6.45, 7) is 1.24. The highest BCUT2D eigenvalue weighted by Crippen LogP contribution is 2.40. The van der Waals surface area contributed by atoms with Gasteiger partial charge in [0, 0.05) is 12.5 Å². The summed E-state index contributed by atoms with van der Waals surface area (Å²) in [5.41, 5.74) is 1.22. The summed E-state index contributed by atoms with van der Waals surface area (Å²) in [6, 6.07) is 14.0. The molecule has 1 fully saturated rings. The van der Waals surface area contributed by atoms with Crippen molar-refractivity contribution < 1.29 is 9.21 Å². The Hall–Kier alpha value is -2.54. The number of hydrogen-bond donors (Lipinski definition) is 1. The maximum absolute atomic E-state index is 12.2. The van der Waals surface area contributed by atoms with Crippen molar-refractivity contribution in [3.05, 3.63) is 65.9 Å². The van der Waals surface area contributed by atoms with Crippen molar-refractivity contribution in [3.8, 4) is 0 Å². The molecule has 3 aromatic rings. The van der Waals surface area contributed by atoms with E-state index in [0.717, 1.165) is 36.0 Å². The Balaban J connectivity index is 1.31. The van der Waals surface area contributed by atoms with Crippen LogP contribution in [0.25, 0.3) is 0 Å². The number of carbonyl (C=O) groups is 1. The van der Waals surface area contributed by atoms with E-state index < -0.39 is 0 Å². The van der Waals surface area contributed by atoms with Crippen LogP contribution in [-0.4, -0.2) is 33.0 Å². The minimum Gasteiger partial charge on any atom is -0.467 e. The fraction of sp³-hybridized carbons (Fsp3) is 0.350. The Labute approximate surface area is 162 Å². The molecule has 1 aliphatic rings. The predicted molar refractivity (Wildman–Crippen MR) is 104 cm³/mol. The van der Waals surface area contributed by atoms with E-state index in [-0.39, 0.29) is 5.91 Å². The summed E-state index contributed by atoms with van der Waals surface area (Å²) in [4.78, 5) is 12.2. The molecule has 1 saturated carbocycles. The Morgan fingerprint density at radius 2 is 2.04 bits per heavy atom. The zero-order valence-electron chi connectivity index (χ0n) is 15.0. The van der Waals surface area contributed by atoms with Gasteiger partial charge in [-0.2, -0.15) is 0 Å². The molecule has 7 heteroatoms. The maximum atomic E-state index is 12.2. The number of furan rings is 1. The van der Waals surface area contributed by atoms with Crippen molar-refractivity contribution in [2.75, 3.05) is 12.3 Å². The lowest BCUT2D eigenvalue weighted by molar-refractivity contribution is -0.118. The summed E-state index contributed by atoms with van der Waals surface area (Å²) >= 11 is 1.42. The monoisotopic (exact) mass is 382 g/mol. The van der Waals surface area contributed by atoms with Crippen molar-refractivity contribution in [2.24, 2.45) is 0 Å². The maximum Gasteiger partial charge on any atom is 0.230 e. The van der Waals surface area contributed by atoms with E-state index in [1.54, 1.807) is 6.26 Å². The van der Waals surface area contributed by atoms with Crippen LogP contribution in [0.5, 0.6) is 0 Å². The van der Waals surface area contributed by atoms with Gasteiger partial charge in [0.25, 0.3) is 0 Å². The molecule has 0 radical (unpaired) electrons. The Morgan fingerprint density at radius 3 is 2.78 bits per heavy atom. The van der Waals surface area contributed by atoms with E-state index >= 15 is 0 Å². The number of amides is 1. The Kier molecular flexibility index (Phi) is 5.58. The number of rotatable bonds is 9. The third-order valence-corrected chi connectivity index (χ3v) is 5.46. The first-order valence-electron chi connectivity index (χ1n) is 9.18. The van der Waals surface area contributed by atoms with Gasteiger partial charge in [-0.25, -0.2) is 0 Å². The van der Waals surface area contributed by atoms with Crippen molar-refractivity contribution in [1.82, 2.24) is 20.1 Å². The number of benzene rings is 1. The molecule has 0 spiro atoms. The number of nitrogens with one attached hydrogen (secondary N) is 1. The average Bonchev–Trinajstić information content (AvgIpc) is 3.25. The molecular weight excluding hydrogens is 360 g/mol. The molecule has 4 rings (SSSR count). The zero-order valence-corrected chi connectivity index (χ0v) is 15.8. The number of hydrogen-bond acceptors (Lipinski definition) is 5. The summed E-state index contributed by atoms with van der Waals surface area (Å²) < 4.78 is 7.55. The van der Waals surface area contributed by atoms with Crippen LogP contribution >= 0.6 is 11.8 Å². The van der Waals surface area contributed by atoms with Gasteiger partial charge in [-0.15, -0.1) is 10.2 Å². The number of nitrogens with zero attached hydrogens (tertiary/aromatic N) is 3. The highest BCUT2D eigenvalue weighted by Gasteiger charge is 2.30. The van der Waals surface area contributed by atoms with Crippen LogP contribution < -0.4 is 5.32 Å². The Bertz CT molecular complexity index is 873. The summed E-state index contributed by atoms with van der Waals surface area (Å²) in [7, 11) is 0. The van der Waals surface area contributed by atoms with Crippen LogP contribution in [0.3, 0.4) is 0 Å². The van der Waals surface area contributed by atoms with Gasteiger partial charge in [-0.1, -0.05) is 42.1 Å². The normalized spacial score (nSPS) is 13.6. The molecule has 2 heterocycles. The van der Waals surface area contributed by atoms with Crippen molar-refractivity contribution >= 4 is 17.7 Å². The fourth-order valence-electron chi connectivity index (χ4n) is 2.93. The van der Waals surface area contributed by atoms with Gasteiger partial charge in [0.1, 0.15) is 11.6 Å². The van der Waals surface area contributed by atoms with E-state index in [1.807, 2.05) is 30.3 Å². The molecule has 0 saturated heterocycles. The zero-order chi connectivity index (χ0) is 18.5. The molecule has 1 amide bonds. The smallest absolute Gasteiger partial charge is 0.230 e. The first-order chi connectivity index (χ1) is 13.3. The highest BCUT2D eigenvalue weighted by molar-refractivity contribution is 7.99. The molecule has 0 bridgehead atoms. The SMILES string of the molecule is O=C(CSc1nnc(C2CC2)n1Cc1ccco1)NCCc1ccccc1. The predicted octanol–water partition coefficient (Wildman–Crippen LogP) is 3.25. The lowest BCUT2D eigenvalue weighted by atomic mass is 10.1. The highest BCUT2D eigenvalue weighted by atomic mass is 32.2. The van der Waals surface area contributed by atoms with Crippen LogP contribution in [0.4, 0.5) is 0 Å². The number of carbonyl (C=O) groups excluding carboxylic acids is 1. The molecular formula is C20H22N4O2S. The van der Waals surface area contributed by atoms with Crippen LogP contribution in [-0.2, 0) is 17.8 Å². The van der Waals surface area contributed by atoms with Gasteiger partial charge < -0.3 is 9.73 Å².